The van der Waals surface area contributed by atoms with Crippen LogP contribution < -0.4 is 0 Å². The van der Waals surface area contributed by atoms with Gasteiger partial charge in [-0.25, -0.2) is 0 Å². The number of carbonyl (C=O) groups is 1. The molecule has 0 radical (unpaired) electrons. The number of non-ortho nitro benzene ring substituents is 1. The lowest BCUT2D eigenvalue weighted by Crippen LogP contribution is -2.10. The smallest absolute Gasteiger partial charge is 0.418 e. The summed E-state index contributed by atoms with van der Waals surface area (Å²) in [5.74, 6) is -1.44. The summed E-state index contributed by atoms with van der Waals surface area (Å²) < 4.78 is 37.7. The molecular weight excluding hydrogens is 279 g/mol. The van der Waals surface area contributed by atoms with E-state index in [1.165, 1.54) is 0 Å². The summed E-state index contributed by atoms with van der Waals surface area (Å²) in [6, 6.07) is 0.985. The SMILES string of the molecule is O=C(O)Cc1cc([N+](=O)[O-])cc(C(F)(F)F)c1Cl. The van der Waals surface area contributed by atoms with Gasteiger partial charge >= 0.3 is 12.1 Å². The molecule has 0 atom stereocenters. The number of alkyl halides is 3. The second kappa shape index (κ2) is 4.81. The number of nitro groups is 1. The summed E-state index contributed by atoms with van der Waals surface area (Å²) in [6.45, 7) is 0. The van der Waals surface area contributed by atoms with Crippen LogP contribution in [0.1, 0.15) is 11.1 Å². The fourth-order valence-electron chi connectivity index (χ4n) is 1.27. The summed E-state index contributed by atoms with van der Waals surface area (Å²) in [7, 11) is 0. The zero-order valence-electron chi connectivity index (χ0n) is 8.49. The molecule has 0 unspecified atom stereocenters. The van der Waals surface area contributed by atoms with Gasteiger partial charge in [-0.15, -0.1) is 0 Å². The van der Waals surface area contributed by atoms with Gasteiger partial charge in [0.1, 0.15) is 0 Å². The van der Waals surface area contributed by atoms with E-state index in [-0.39, 0.29) is 6.07 Å². The van der Waals surface area contributed by atoms with Crippen LogP contribution in [0.2, 0.25) is 5.02 Å². The number of aliphatic carboxylic acids is 1. The number of hydrogen-bond acceptors (Lipinski definition) is 3. The Kier molecular flexibility index (Phi) is 3.80. The van der Waals surface area contributed by atoms with Crippen molar-refractivity contribution in [2.45, 2.75) is 12.6 Å². The third-order valence-corrected chi connectivity index (χ3v) is 2.44. The predicted octanol–water partition coefficient (Wildman–Crippen LogP) is 2.89. The van der Waals surface area contributed by atoms with E-state index < -0.39 is 45.3 Å². The molecule has 0 aliphatic heterocycles. The number of benzene rings is 1. The van der Waals surface area contributed by atoms with Gasteiger partial charge in [0.15, 0.2) is 0 Å². The lowest BCUT2D eigenvalue weighted by molar-refractivity contribution is -0.385. The summed E-state index contributed by atoms with van der Waals surface area (Å²) in [5, 5.41) is 18.1. The zero-order valence-corrected chi connectivity index (χ0v) is 9.25. The van der Waals surface area contributed by atoms with Crippen LogP contribution in [0.15, 0.2) is 12.1 Å². The average molecular weight is 284 g/mol. The molecule has 5 nitrogen and oxygen atoms in total. The minimum absolute atomic E-state index is 0.272. The molecule has 0 heterocycles. The van der Waals surface area contributed by atoms with Gasteiger partial charge in [0, 0.05) is 12.1 Å². The summed E-state index contributed by atoms with van der Waals surface area (Å²) in [6.07, 6.45) is -5.72. The lowest BCUT2D eigenvalue weighted by atomic mass is 10.1. The first-order valence-corrected chi connectivity index (χ1v) is 4.76. The van der Waals surface area contributed by atoms with Crippen LogP contribution in [-0.2, 0) is 17.4 Å². The molecule has 0 amide bonds. The van der Waals surface area contributed by atoms with E-state index in [1.807, 2.05) is 0 Å². The van der Waals surface area contributed by atoms with E-state index in [9.17, 15) is 28.1 Å². The fourth-order valence-corrected chi connectivity index (χ4v) is 1.55. The normalized spacial score (nSPS) is 11.3. The molecule has 18 heavy (non-hydrogen) atoms. The van der Waals surface area contributed by atoms with Crippen molar-refractivity contribution in [2.24, 2.45) is 0 Å². The lowest BCUT2D eigenvalue weighted by Gasteiger charge is -2.11. The number of nitrogens with zero attached hydrogens (tertiary/aromatic N) is 1. The third kappa shape index (κ3) is 3.10. The minimum Gasteiger partial charge on any atom is -0.481 e. The maximum atomic E-state index is 12.6. The van der Waals surface area contributed by atoms with Crippen molar-refractivity contribution in [3.05, 3.63) is 38.4 Å². The number of carboxylic acids is 1. The van der Waals surface area contributed by atoms with Gasteiger partial charge in [-0.05, 0) is 5.56 Å². The van der Waals surface area contributed by atoms with Crippen molar-refractivity contribution >= 4 is 23.3 Å². The monoisotopic (exact) mass is 283 g/mol. The largest absolute Gasteiger partial charge is 0.481 e. The predicted molar refractivity (Wildman–Crippen MR) is 54.4 cm³/mol. The number of rotatable bonds is 3. The molecule has 0 aliphatic carbocycles. The molecular formula is C9H5ClF3NO4. The molecule has 0 saturated carbocycles. The van der Waals surface area contributed by atoms with Crippen LogP contribution in [0.25, 0.3) is 0 Å². The first-order chi connectivity index (χ1) is 8.12. The van der Waals surface area contributed by atoms with Gasteiger partial charge in [-0.1, -0.05) is 11.6 Å². The molecule has 9 heteroatoms. The fraction of sp³-hybridized carbons (Fsp3) is 0.222. The Hall–Kier alpha value is -1.83. The molecule has 1 N–H and O–H groups in total. The van der Waals surface area contributed by atoms with Gasteiger partial charge in [-0.3, -0.25) is 14.9 Å². The van der Waals surface area contributed by atoms with Crippen LogP contribution in [0.3, 0.4) is 0 Å². The van der Waals surface area contributed by atoms with Gasteiger partial charge in [0.2, 0.25) is 0 Å². The molecule has 0 bridgehead atoms. The van der Waals surface area contributed by atoms with Crippen LogP contribution in [0.5, 0.6) is 0 Å². The van der Waals surface area contributed by atoms with E-state index in [0.29, 0.717) is 6.07 Å². The Bertz CT molecular complexity index is 515. The topological polar surface area (TPSA) is 80.4 Å². The van der Waals surface area contributed by atoms with Crippen LogP contribution in [0, 0.1) is 10.1 Å². The molecule has 98 valence electrons. The standard InChI is InChI=1S/C9H5ClF3NO4/c10-8-4(2-7(15)16)1-5(14(17)18)3-6(8)9(11,12)13/h1,3H,2H2,(H,15,16). The Morgan fingerprint density at radius 3 is 2.39 bits per heavy atom. The van der Waals surface area contributed by atoms with Crippen molar-refractivity contribution in [1.29, 1.82) is 0 Å². The third-order valence-electron chi connectivity index (χ3n) is 1.99. The van der Waals surface area contributed by atoms with Crippen molar-refractivity contribution in [3.63, 3.8) is 0 Å². The maximum Gasteiger partial charge on any atom is 0.418 e. The second-order valence-corrected chi connectivity index (χ2v) is 3.67. The van der Waals surface area contributed by atoms with Gasteiger partial charge < -0.3 is 5.11 Å². The number of halogens is 4. The van der Waals surface area contributed by atoms with Crippen LogP contribution >= 0.6 is 11.6 Å². The highest BCUT2D eigenvalue weighted by Gasteiger charge is 2.36. The Labute approximate surface area is 103 Å². The second-order valence-electron chi connectivity index (χ2n) is 3.29. The van der Waals surface area contributed by atoms with Crippen molar-refractivity contribution in [3.8, 4) is 0 Å². The van der Waals surface area contributed by atoms with Crippen LogP contribution in [0.4, 0.5) is 18.9 Å². The highest BCUT2D eigenvalue weighted by Crippen LogP contribution is 2.39. The van der Waals surface area contributed by atoms with Gasteiger partial charge in [-0.2, -0.15) is 13.2 Å². The highest BCUT2D eigenvalue weighted by molar-refractivity contribution is 6.32. The molecule has 0 aromatic heterocycles. The molecule has 0 aliphatic rings. The Morgan fingerprint density at radius 2 is 2.00 bits per heavy atom. The van der Waals surface area contributed by atoms with E-state index in [4.69, 9.17) is 16.7 Å². The molecule has 0 saturated heterocycles. The average Bonchev–Trinajstić information content (AvgIpc) is 2.18. The van der Waals surface area contributed by atoms with Crippen LogP contribution in [-0.4, -0.2) is 16.0 Å². The van der Waals surface area contributed by atoms with E-state index in [0.717, 1.165) is 0 Å². The highest BCUT2D eigenvalue weighted by atomic mass is 35.5. The zero-order chi connectivity index (χ0) is 14.1. The maximum absolute atomic E-state index is 12.6. The van der Waals surface area contributed by atoms with Crippen molar-refractivity contribution in [2.75, 3.05) is 0 Å². The summed E-state index contributed by atoms with van der Waals surface area (Å²) in [5.41, 5.74) is -2.73. The van der Waals surface area contributed by atoms with E-state index in [2.05, 4.69) is 0 Å². The van der Waals surface area contributed by atoms with Crippen molar-refractivity contribution in [1.82, 2.24) is 0 Å². The Morgan fingerprint density at radius 1 is 1.44 bits per heavy atom. The van der Waals surface area contributed by atoms with Gasteiger partial charge in [0.25, 0.3) is 5.69 Å². The van der Waals surface area contributed by atoms with Crippen molar-refractivity contribution < 1.29 is 28.0 Å². The summed E-state index contributed by atoms with van der Waals surface area (Å²) in [4.78, 5) is 19.9. The first-order valence-electron chi connectivity index (χ1n) is 4.38. The molecule has 0 fully saturated rings. The Balaban J connectivity index is 3.47. The number of nitro benzene ring substituents is 1. The first kappa shape index (κ1) is 14.2. The van der Waals surface area contributed by atoms with E-state index >= 15 is 0 Å². The molecule has 0 spiro atoms. The minimum atomic E-state index is -4.89. The number of carboxylic acid groups (broad SMARTS) is 1. The molecule has 1 aromatic carbocycles. The summed E-state index contributed by atoms with van der Waals surface area (Å²) >= 11 is 5.41. The molecule has 1 rings (SSSR count). The number of hydrogen-bond donors (Lipinski definition) is 1. The quantitative estimate of drug-likeness (QED) is 0.683. The molecule has 1 aromatic rings. The van der Waals surface area contributed by atoms with E-state index in [1.54, 1.807) is 0 Å². The van der Waals surface area contributed by atoms with Gasteiger partial charge in [0.05, 0.1) is 21.9 Å².